The molecule has 1 nitrogen and oxygen atoms in total. The summed E-state index contributed by atoms with van der Waals surface area (Å²) in [6, 6.07) is 0. The van der Waals surface area contributed by atoms with Gasteiger partial charge in [0.15, 0.2) is 5.78 Å². The van der Waals surface area contributed by atoms with E-state index < -0.39 is 0 Å². The molecule has 3 rings (SSSR count). The van der Waals surface area contributed by atoms with Crippen LogP contribution in [-0.4, -0.2) is 5.78 Å². The molecule has 0 amide bonds. The van der Waals surface area contributed by atoms with Crippen molar-refractivity contribution in [3.63, 3.8) is 0 Å². The monoisotopic (exact) mass is 216 g/mol. The maximum Gasteiger partial charge on any atom is 0.159 e. The molecule has 0 aliphatic heterocycles. The highest BCUT2D eigenvalue weighted by molar-refractivity contribution is 5.99. The van der Waals surface area contributed by atoms with Gasteiger partial charge in [-0.05, 0) is 55.4 Å². The average Bonchev–Trinajstić information content (AvgIpc) is 2.63. The van der Waals surface area contributed by atoms with Gasteiger partial charge in [0.1, 0.15) is 0 Å². The van der Waals surface area contributed by atoms with E-state index in [1.165, 1.54) is 42.4 Å². The summed E-state index contributed by atoms with van der Waals surface area (Å²) in [7, 11) is 0. The lowest BCUT2D eigenvalue weighted by atomic mass is 9.57. The van der Waals surface area contributed by atoms with Crippen LogP contribution in [0.15, 0.2) is 23.3 Å². The Hall–Kier alpha value is -0.850. The van der Waals surface area contributed by atoms with Gasteiger partial charge in [0.05, 0.1) is 0 Å². The second kappa shape index (κ2) is 3.32. The van der Waals surface area contributed by atoms with Crippen LogP contribution in [0.3, 0.4) is 0 Å². The van der Waals surface area contributed by atoms with Gasteiger partial charge < -0.3 is 0 Å². The van der Waals surface area contributed by atoms with Crippen molar-refractivity contribution >= 4 is 5.78 Å². The Morgan fingerprint density at radius 1 is 1.25 bits per heavy atom. The number of carbonyl (C=O) groups is 1. The van der Waals surface area contributed by atoms with Crippen LogP contribution in [0.5, 0.6) is 0 Å². The van der Waals surface area contributed by atoms with Gasteiger partial charge in [-0.15, -0.1) is 0 Å². The largest absolute Gasteiger partial charge is 0.295 e. The fourth-order valence-corrected chi connectivity index (χ4v) is 4.03. The van der Waals surface area contributed by atoms with Crippen molar-refractivity contribution in [3.05, 3.63) is 23.3 Å². The molecule has 0 aromatic rings. The second-order valence-electron chi connectivity index (χ2n) is 5.91. The van der Waals surface area contributed by atoms with Crippen molar-refractivity contribution in [1.29, 1.82) is 0 Å². The lowest BCUT2D eigenvalue weighted by molar-refractivity contribution is -0.115. The van der Waals surface area contributed by atoms with Crippen LogP contribution in [0.4, 0.5) is 0 Å². The normalized spacial score (nSPS) is 38.7. The first-order chi connectivity index (χ1) is 7.63. The first kappa shape index (κ1) is 10.3. The van der Waals surface area contributed by atoms with Crippen molar-refractivity contribution < 1.29 is 4.79 Å². The third-order valence-electron chi connectivity index (χ3n) is 5.18. The molecule has 86 valence electrons. The van der Waals surface area contributed by atoms with Gasteiger partial charge in [-0.2, -0.15) is 0 Å². The Labute approximate surface area is 97.6 Å². The van der Waals surface area contributed by atoms with Crippen LogP contribution in [0, 0.1) is 11.3 Å². The lowest BCUT2D eigenvalue weighted by Crippen LogP contribution is -2.38. The number of ketones is 1. The molecule has 16 heavy (non-hydrogen) atoms. The molecule has 0 aromatic heterocycles. The van der Waals surface area contributed by atoms with Gasteiger partial charge in [-0.1, -0.05) is 24.6 Å². The number of allylic oxidation sites excluding steroid dienone is 3. The van der Waals surface area contributed by atoms with Crippen molar-refractivity contribution in [1.82, 2.24) is 0 Å². The Bertz CT molecular complexity index is 402. The Morgan fingerprint density at radius 2 is 2.06 bits per heavy atom. The van der Waals surface area contributed by atoms with E-state index in [1.807, 2.05) is 0 Å². The number of hydrogen-bond acceptors (Lipinski definition) is 1. The molecule has 0 saturated heterocycles. The van der Waals surface area contributed by atoms with Crippen LogP contribution in [0.2, 0.25) is 0 Å². The average molecular weight is 216 g/mol. The second-order valence-corrected chi connectivity index (χ2v) is 5.91. The van der Waals surface area contributed by atoms with E-state index in [-0.39, 0.29) is 5.41 Å². The summed E-state index contributed by atoms with van der Waals surface area (Å²) in [5, 5.41) is 0. The van der Waals surface area contributed by atoms with Gasteiger partial charge in [0.2, 0.25) is 0 Å². The molecule has 0 N–H and O–H groups in total. The highest BCUT2D eigenvalue weighted by atomic mass is 16.1. The maximum atomic E-state index is 12.0. The quantitative estimate of drug-likeness (QED) is 0.563. The van der Waals surface area contributed by atoms with Gasteiger partial charge in [-0.25, -0.2) is 0 Å². The van der Waals surface area contributed by atoms with E-state index in [9.17, 15) is 4.79 Å². The Kier molecular flexibility index (Phi) is 2.14. The minimum atomic E-state index is 0.233. The van der Waals surface area contributed by atoms with Crippen LogP contribution in [0.25, 0.3) is 0 Å². The van der Waals surface area contributed by atoms with Gasteiger partial charge in [0, 0.05) is 6.42 Å². The van der Waals surface area contributed by atoms with Crippen molar-refractivity contribution in [2.45, 2.75) is 51.9 Å². The van der Waals surface area contributed by atoms with E-state index in [0.717, 1.165) is 19.3 Å². The molecule has 0 aromatic carbocycles. The first-order valence-corrected chi connectivity index (χ1v) is 6.56. The van der Waals surface area contributed by atoms with Crippen LogP contribution in [-0.2, 0) is 4.79 Å². The fraction of sp³-hybridized carbons (Fsp3) is 0.667. The predicted molar refractivity (Wildman–Crippen MR) is 65.1 cm³/mol. The molecule has 0 heterocycles. The molecular weight excluding hydrogens is 196 g/mol. The van der Waals surface area contributed by atoms with E-state index in [0.29, 0.717) is 11.7 Å². The SMILES string of the molecule is C=C1CCC[C@@H]2C3=C(CCC3=O)CC[C@@]12C. The number of carbonyl (C=O) groups excluding carboxylic acids is 1. The molecule has 2 atom stereocenters. The standard InChI is InChI=1S/C15H20O/c1-10-4-3-5-12-14-11(6-7-13(14)16)8-9-15(10,12)2/h12H,1,3-9H2,2H3/t12-,15+/m1/s1. The lowest BCUT2D eigenvalue weighted by Gasteiger charge is -2.47. The van der Waals surface area contributed by atoms with Gasteiger partial charge >= 0.3 is 0 Å². The summed E-state index contributed by atoms with van der Waals surface area (Å²) in [6.45, 7) is 6.62. The van der Waals surface area contributed by atoms with E-state index >= 15 is 0 Å². The molecule has 0 spiro atoms. The zero-order valence-corrected chi connectivity index (χ0v) is 10.1. The molecule has 0 bridgehead atoms. The van der Waals surface area contributed by atoms with Gasteiger partial charge in [0.25, 0.3) is 0 Å². The third kappa shape index (κ3) is 1.20. The Morgan fingerprint density at radius 3 is 2.88 bits per heavy atom. The van der Waals surface area contributed by atoms with Gasteiger partial charge in [-0.3, -0.25) is 4.79 Å². The molecule has 0 radical (unpaired) electrons. The van der Waals surface area contributed by atoms with Crippen molar-refractivity contribution in [2.75, 3.05) is 0 Å². The molecule has 1 heteroatoms. The highest BCUT2D eigenvalue weighted by Crippen LogP contribution is 2.56. The Balaban J connectivity index is 2.06. The number of Topliss-reactive ketones (excluding diaryl/α,β-unsaturated/α-hetero) is 1. The summed E-state index contributed by atoms with van der Waals surface area (Å²) >= 11 is 0. The zero-order valence-electron chi connectivity index (χ0n) is 10.1. The van der Waals surface area contributed by atoms with Crippen LogP contribution < -0.4 is 0 Å². The minimum absolute atomic E-state index is 0.233. The van der Waals surface area contributed by atoms with E-state index in [2.05, 4.69) is 13.5 Å². The van der Waals surface area contributed by atoms with E-state index in [4.69, 9.17) is 0 Å². The molecule has 0 unspecified atom stereocenters. The van der Waals surface area contributed by atoms with Crippen molar-refractivity contribution in [2.24, 2.45) is 11.3 Å². The molecule has 1 fully saturated rings. The summed E-state index contributed by atoms with van der Waals surface area (Å²) in [5.74, 6) is 0.952. The summed E-state index contributed by atoms with van der Waals surface area (Å²) < 4.78 is 0. The molecule has 3 aliphatic rings. The topological polar surface area (TPSA) is 17.1 Å². The predicted octanol–water partition coefficient (Wildman–Crippen LogP) is 3.80. The number of hydrogen-bond donors (Lipinski definition) is 0. The van der Waals surface area contributed by atoms with Crippen molar-refractivity contribution in [3.8, 4) is 0 Å². The smallest absolute Gasteiger partial charge is 0.159 e. The number of fused-ring (bicyclic) bond motifs is 2. The maximum absolute atomic E-state index is 12.0. The van der Waals surface area contributed by atoms with Crippen LogP contribution >= 0.6 is 0 Å². The summed E-state index contributed by atoms with van der Waals surface area (Å²) in [4.78, 5) is 12.0. The summed E-state index contributed by atoms with van der Waals surface area (Å²) in [6.07, 6.45) is 7.81. The fourth-order valence-electron chi connectivity index (χ4n) is 4.03. The third-order valence-corrected chi connectivity index (χ3v) is 5.18. The summed E-state index contributed by atoms with van der Waals surface area (Å²) in [5.41, 5.74) is 4.35. The molecule has 1 saturated carbocycles. The number of rotatable bonds is 0. The zero-order chi connectivity index (χ0) is 11.3. The van der Waals surface area contributed by atoms with E-state index in [1.54, 1.807) is 0 Å². The highest BCUT2D eigenvalue weighted by Gasteiger charge is 2.47. The first-order valence-electron chi connectivity index (χ1n) is 6.56. The minimum Gasteiger partial charge on any atom is -0.295 e. The van der Waals surface area contributed by atoms with Crippen LogP contribution in [0.1, 0.15) is 51.9 Å². The molecule has 3 aliphatic carbocycles. The molecular formula is C15H20O.